The Kier molecular flexibility index (Phi) is 2.98. The highest BCUT2D eigenvalue weighted by Gasteiger charge is 2.33. The van der Waals surface area contributed by atoms with Crippen molar-refractivity contribution in [3.8, 4) is 6.07 Å². The summed E-state index contributed by atoms with van der Waals surface area (Å²) in [5, 5.41) is 8.91. The van der Waals surface area contributed by atoms with Gasteiger partial charge >= 0.3 is 0 Å². The van der Waals surface area contributed by atoms with Crippen LogP contribution < -0.4 is 0 Å². The summed E-state index contributed by atoms with van der Waals surface area (Å²) in [7, 11) is 0. The Bertz CT molecular complexity index is 730. The average Bonchev–Trinajstić information content (AvgIpc) is 2.65. The Labute approximate surface area is 107 Å². The first kappa shape index (κ1) is 12.7. The molecule has 0 amide bonds. The summed E-state index contributed by atoms with van der Waals surface area (Å²) in [6.07, 6.45) is 1.43. The number of allylic oxidation sites excluding steroid dienone is 4. The number of benzene rings is 1. The molecule has 1 aromatic rings. The quantitative estimate of drug-likeness (QED) is 0.406. The third kappa shape index (κ3) is 1.73. The fraction of sp³-hybridized carbons (Fsp3) is 0.0714. The van der Waals surface area contributed by atoms with Gasteiger partial charge in [-0.1, -0.05) is 6.08 Å². The second kappa shape index (κ2) is 4.47. The summed E-state index contributed by atoms with van der Waals surface area (Å²) in [5.74, 6) is -2.77. The fourth-order valence-corrected chi connectivity index (χ4v) is 2.01. The topological polar surface area (TPSA) is 45.2 Å². The van der Waals surface area contributed by atoms with Gasteiger partial charge in [0.1, 0.15) is 0 Å². The van der Waals surface area contributed by atoms with Gasteiger partial charge in [-0.25, -0.2) is 18.9 Å². The van der Waals surface area contributed by atoms with E-state index >= 15 is 0 Å². The maximum absolute atomic E-state index is 13.3. The number of Topliss-reactive ketones (excluding diaryl/α,β-unsaturated/α-hetero) is 1. The Morgan fingerprint density at radius 3 is 2.42 bits per heavy atom. The van der Waals surface area contributed by atoms with Crippen molar-refractivity contribution in [2.75, 3.05) is 0 Å². The zero-order chi connectivity index (χ0) is 14.2. The SMILES string of the molecule is [C-]#[N+]/C(C#N)=C1\C(=C\C)C(=O)c2cc(F)c(F)cc21. The molecule has 0 fully saturated rings. The molecule has 0 aliphatic heterocycles. The van der Waals surface area contributed by atoms with Crippen LogP contribution in [0.1, 0.15) is 22.8 Å². The molecule has 92 valence electrons. The van der Waals surface area contributed by atoms with Crippen molar-refractivity contribution in [2.45, 2.75) is 6.92 Å². The molecular weight excluding hydrogens is 250 g/mol. The summed E-state index contributed by atoms with van der Waals surface area (Å²) in [4.78, 5) is 15.1. The molecule has 0 bridgehead atoms. The number of rotatable bonds is 0. The minimum Gasteiger partial charge on any atom is -0.289 e. The van der Waals surface area contributed by atoms with Crippen LogP contribution in [0.3, 0.4) is 0 Å². The van der Waals surface area contributed by atoms with Crippen LogP contribution >= 0.6 is 0 Å². The smallest absolute Gasteiger partial charge is 0.270 e. The molecule has 1 aromatic carbocycles. The molecule has 19 heavy (non-hydrogen) atoms. The summed E-state index contributed by atoms with van der Waals surface area (Å²) < 4.78 is 26.5. The molecule has 0 saturated carbocycles. The molecule has 2 rings (SSSR count). The summed E-state index contributed by atoms with van der Waals surface area (Å²) >= 11 is 0. The van der Waals surface area contributed by atoms with Gasteiger partial charge in [0.05, 0.1) is 12.6 Å². The molecule has 0 aromatic heterocycles. The Morgan fingerprint density at radius 2 is 1.95 bits per heavy atom. The van der Waals surface area contributed by atoms with E-state index in [1.165, 1.54) is 6.08 Å². The highest BCUT2D eigenvalue weighted by molar-refractivity contribution is 6.27. The molecule has 0 atom stereocenters. The third-order valence-corrected chi connectivity index (χ3v) is 2.83. The normalized spacial score (nSPS) is 17.9. The predicted molar refractivity (Wildman–Crippen MR) is 63.6 cm³/mol. The van der Waals surface area contributed by atoms with Crippen molar-refractivity contribution in [3.63, 3.8) is 0 Å². The maximum atomic E-state index is 13.3. The Balaban J connectivity index is 2.91. The molecule has 0 N–H and O–H groups in total. The van der Waals surface area contributed by atoms with Crippen LogP contribution in [0.4, 0.5) is 8.78 Å². The van der Waals surface area contributed by atoms with E-state index in [0.717, 1.165) is 12.1 Å². The highest BCUT2D eigenvalue weighted by atomic mass is 19.2. The van der Waals surface area contributed by atoms with Crippen LogP contribution in [0.5, 0.6) is 0 Å². The number of hydrogen-bond acceptors (Lipinski definition) is 2. The molecule has 5 heteroatoms. The van der Waals surface area contributed by atoms with Gasteiger partial charge in [0.25, 0.3) is 5.70 Å². The van der Waals surface area contributed by atoms with E-state index in [-0.39, 0.29) is 28.0 Å². The zero-order valence-corrected chi connectivity index (χ0v) is 9.79. The van der Waals surface area contributed by atoms with Crippen molar-refractivity contribution in [3.05, 3.63) is 63.7 Å². The van der Waals surface area contributed by atoms with Crippen LogP contribution in [0.2, 0.25) is 0 Å². The number of carbonyl (C=O) groups is 1. The van der Waals surface area contributed by atoms with Crippen molar-refractivity contribution < 1.29 is 13.6 Å². The van der Waals surface area contributed by atoms with Crippen molar-refractivity contribution in [1.82, 2.24) is 0 Å². The lowest BCUT2D eigenvalue weighted by atomic mass is 10.0. The lowest BCUT2D eigenvalue weighted by molar-refractivity contribution is 0.104. The van der Waals surface area contributed by atoms with Gasteiger partial charge in [0.2, 0.25) is 0 Å². The van der Waals surface area contributed by atoms with E-state index in [9.17, 15) is 13.6 Å². The monoisotopic (exact) mass is 256 g/mol. The van der Waals surface area contributed by atoms with E-state index < -0.39 is 17.4 Å². The van der Waals surface area contributed by atoms with Crippen LogP contribution in [-0.2, 0) is 0 Å². The Hall–Kier alpha value is -2.79. The molecule has 0 unspecified atom stereocenters. The van der Waals surface area contributed by atoms with E-state index in [1.807, 2.05) is 0 Å². The summed E-state index contributed by atoms with van der Waals surface area (Å²) in [5.41, 5.74) is -0.0689. The number of halogens is 2. The van der Waals surface area contributed by atoms with Gasteiger partial charge in [-0.15, -0.1) is 0 Å². The highest BCUT2D eigenvalue weighted by Crippen LogP contribution is 2.39. The largest absolute Gasteiger partial charge is 0.289 e. The molecule has 3 nitrogen and oxygen atoms in total. The van der Waals surface area contributed by atoms with Gasteiger partial charge in [-0.2, -0.15) is 0 Å². The number of fused-ring (bicyclic) bond motifs is 1. The predicted octanol–water partition coefficient (Wildman–Crippen LogP) is 3.26. The van der Waals surface area contributed by atoms with Gasteiger partial charge in [0, 0.05) is 16.7 Å². The Morgan fingerprint density at radius 1 is 1.37 bits per heavy atom. The summed E-state index contributed by atoms with van der Waals surface area (Å²) in [6.45, 7) is 8.49. The van der Waals surface area contributed by atoms with Crippen molar-refractivity contribution >= 4 is 11.4 Å². The van der Waals surface area contributed by atoms with Crippen LogP contribution in [0, 0.1) is 29.5 Å². The maximum Gasteiger partial charge on any atom is 0.270 e. The van der Waals surface area contributed by atoms with Gasteiger partial charge in [-0.05, 0) is 24.6 Å². The number of carbonyl (C=O) groups excluding carboxylic acids is 1. The zero-order valence-electron chi connectivity index (χ0n) is 9.79. The van der Waals surface area contributed by atoms with Crippen LogP contribution in [0.15, 0.2) is 29.5 Å². The molecule has 0 spiro atoms. The second-order valence-electron chi connectivity index (χ2n) is 3.79. The van der Waals surface area contributed by atoms with E-state index in [4.69, 9.17) is 11.8 Å². The van der Waals surface area contributed by atoms with E-state index in [2.05, 4.69) is 4.85 Å². The number of hydrogen-bond donors (Lipinski definition) is 0. The average molecular weight is 256 g/mol. The van der Waals surface area contributed by atoms with Crippen molar-refractivity contribution in [2.24, 2.45) is 0 Å². The first-order valence-corrected chi connectivity index (χ1v) is 5.27. The summed E-state index contributed by atoms with van der Waals surface area (Å²) in [6, 6.07) is 3.31. The van der Waals surface area contributed by atoms with Gasteiger partial charge in [-0.3, -0.25) is 4.79 Å². The molecule has 0 radical (unpaired) electrons. The van der Waals surface area contributed by atoms with E-state index in [1.54, 1.807) is 13.0 Å². The molecule has 0 heterocycles. The second-order valence-corrected chi connectivity index (χ2v) is 3.79. The van der Waals surface area contributed by atoms with Crippen LogP contribution in [-0.4, -0.2) is 5.78 Å². The van der Waals surface area contributed by atoms with Gasteiger partial charge in [0.15, 0.2) is 17.4 Å². The molecule has 1 aliphatic carbocycles. The van der Waals surface area contributed by atoms with Gasteiger partial charge < -0.3 is 0 Å². The number of ketones is 1. The number of nitriles is 1. The first-order chi connectivity index (χ1) is 9.04. The lowest BCUT2D eigenvalue weighted by Crippen LogP contribution is -1.96. The molecular formula is C14H6F2N2O. The third-order valence-electron chi connectivity index (χ3n) is 2.83. The number of nitrogens with zero attached hydrogens (tertiary/aromatic N) is 2. The minimum atomic E-state index is -1.13. The molecule has 0 saturated heterocycles. The van der Waals surface area contributed by atoms with Crippen LogP contribution in [0.25, 0.3) is 10.4 Å². The standard InChI is InChI=1S/C14H6F2N2O/c1-3-7-13(12(6-17)18-2)8-4-10(15)11(16)5-9(8)14(7)19/h3-5H,1H3/b7-3-,13-12+. The molecule has 1 aliphatic rings. The first-order valence-electron chi connectivity index (χ1n) is 5.27. The van der Waals surface area contributed by atoms with E-state index in [0.29, 0.717) is 0 Å². The van der Waals surface area contributed by atoms with Crippen molar-refractivity contribution in [1.29, 1.82) is 5.26 Å². The lowest BCUT2D eigenvalue weighted by Gasteiger charge is -2.01. The minimum absolute atomic E-state index is 0.0293. The fourth-order valence-electron chi connectivity index (χ4n) is 2.01.